The van der Waals surface area contributed by atoms with E-state index in [9.17, 15) is 9.59 Å². The van der Waals surface area contributed by atoms with Gasteiger partial charge in [0.05, 0.1) is 12.0 Å². The zero-order valence-electron chi connectivity index (χ0n) is 10.3. The van der Waals surface area contributed by atoms with Gasteiger partial charge in [-0.3, -0.25) is 4.79 Å². The van der Waals surface area contributed by atoms with Gasteiger partial charge in [0.15, 0.2) is 0 Å². The number of carbonyl (C=O) groups is 2. The highest BCUT2D eigenvalue weighted by Crippen LogP contribution is 2.17. The van der Waals surface area contributed by atoms with Crippen molar-refractivity contribution in [2.24, 2.45) is 5.92 Å². The summed E-state index contributed by atoms with van der Waals surface area (Å²) in [4.78, 5) is 22.3. The Hall–Kier alpha value is -1.52. The smallest absolute Gasteiger partial charge is 0.315 e. The molecule has 2 amide bonds. The first-order valence-corrected chi connectivity index (χ1v) is 6.05. The molecule has 17 heavy (non-hydrogen) atoms. The van der Waals surface area contributed by atoms with E-state index in [-0.39, 0.29) is 18.1 Å². The number of rotatable bonds is 5. The standard InChI is InChI=1S/C12H20N2O3/c1-3-9(4-2)13-12(17)14-10-6-5-8(7-10)11(15)16/h5-6,8-10H,3-4,7H2,1-2H3,(H,15,16)(H2,13,14,17). The van der Waals surface area contributed by atoms with Crippen LogP contribution in [0.1, 0.15) is 33.1 Å². The summed E-state index contributed by atoms with van der Waals surface area (Å²) >= 11 is 0. The number of carboxylic acids is 1. The Labute approximate surface area is 101 Å². The lowest BCUT2D eigenvalue weighted by molar-refractivity contribution is -0.140. The van der Waals surface area contributed by atoms with Crippen molar-refractivity contribution < 1.29 is 14.7 Å². The molecule has 0 spiro atoms. The molecule has 0 heterocycles. The van der Waals surface area contributed by atoms with Gasteiger partial charge in [0.25, 0.3) is 0 Å². The number of carboxylic acid groups (broad SMARTS) is 1. The Balaban J connectivity index is 2.34. The van der Waals surface area contributed by atoms with Crippen LogP contribution >= 0.6 is 0 Å². The van der Waals surface area contributed by atoms with Crippen LogP contribution in [0.15, 0.2) is 12.2 Å². The number of hydrogen-bond donors (Lipinski definition) is 3. The first-order valence-electron chi connectivity index (χ1n) is 6.05. The highest BCUT2D eigenvalue weighted by molar-refractivity contribution is 5.76. The van der Waals surface area contributed by atoms with E-state index in [1.165, 1.54) is 0 Å². The highest BCUT2D eigenvalue weighted by atomic mass is 16.4. The number of aliphatic carboxylic acids is 1. The van der Waals surface area contributed by atoms with Gasteiger partial charge in [0.1, 0.15) is 0 Å². The van der Waals surface area contributed by atoms with Gasteiger partial charge in [-0.2, -0.15) is 0 Å². The fraction of sp³-hybridized carbons (Fsp3) is 0.667. The molecule has 0 aromatic heterocycles. The van der Waals surface area contributed by atoms with Gasteiger partial charge < -0.3 is 15.7 Å². The summed E-state index contributed by atoms with van der Waals surface area (Å²) in [6.45, 7) is 4.04. The topological polar surface area (TPSA) is 78.4 Å². The molecule has 1 rings (SSSR count). The maximum Gasteiger partial charge on any atom is 0.315 e. The molecule has 1 aliphatic rings. The van der Waals surface area contributed by atoms with E-state index in [1.807, 2.05) is 13.8 Å². The van der Waals surface area contributed by atoms with Crippen LogP contribution in [0.25, 0.3) is 0 Å². The molecule has 0 aromatic rings. The van der Waals surface area contributed by atoms with Gasteiger partial charge in [0.2, 0.25) is 0 Å². The van der Waals surface area contributed by atoms with E-state index in [2.05, 4.69) is 10.6 Å². The number of hydrogen-bond acceptors (Lipinski definition) is 2. The maximum absolute atomic E-state index is 11.6. The highest BCUT2D eigenvalue weighted by Gasteiger charge is 2.25. The van der Waals surface area contributed by atoms with Crippen LogP contribution in [-0.2, 0) is 4.79 Å². The molecule has 96 valence electrons. The Bertz CT molecular complexity index is 311. The SMILES string of the molecule is CCC(CC)NC(=O)NC1C=CC(C(=O)O)C1. The lowest BCUT2D eigenvalue weighted by atomic mass is 10.1. The average molecular weight is 240 g/mol. The van der Waals surface area contributed by atoms with E-state index in [1.54, 1.807) is 12.2 Å². The molecular formula is C12H20N2O3. The molecule has 0 saturated carbocycles. The summed E-state index contributed by atoms with van der Waals surface area (Å²) in [6, 6.07) is -0.222. The van der Waals surface area contributed by atoms with Crippen molar-refractivity contribution in [2.45, 2.75) is 45.2 Å². The van der Waals surface area contributed by atoms with Gasteiger partial charge in [-0.05, 0) is 19.3 Å². The van der Waals surface area contributed by atoms with Gasteiger partial charge in [-0.1, -0.05) is 26.0 Å². The van der Waals surface area contributed by atoms with Crippen molar-refractivity contribution in [2.75, 3.05) is 0 Å². The minimum absolute atomic E-state index is 0.175. The van der Waals surface area contributed by atoms with E-state index in [0.717, 1.165) is 12.8 Å². The average Bonchev–Trinajstić information content (AvgIpc) is 2.74. The molecule has 3 N–H and O–H groups in total. The van der Waals surface area contributed by atoms with E-state index in [0.29, 0.717) is 6.42 Å². The summed E-state index contributed by atoms with van der Waals surface area (Å²) in [7, 11) is 0. The third kappa shape index (κ3) is 4.09. The van der Waals surface area contributed by atoms with E-state index >= 15 is 0 Å². The first-order chi connectivity index (χ1) is 8.06. The van der Waals surface area contributed by atoms with Crippen molar-refractivity contribution in [1.82, 2.24) is 10.6 Å². The largest absolute Gasteiger partial charge is 0.481 e. The van der Waals surface area contributed by atoms with Crippen LogP contribution in [0.2, 0.25) is 0 Å². The van der Waals surface area contributed by atoms with Crippen LogP contribution in [0.3, 0.4) is 0 Å². The normalized spacial score (nSPS) is 22.8. The third-order valence-electron chi connectivity index (χ3n) is 3.04. The number of nitrogens with one attached hydrogen (secondary N) is 2. The van der Waals surface area contributed by atoms with Crippen molar-refractivity contribution in [1.29, 1.82) is 0 Å². The molecule has 0 bridgehead atoms. The fourth-order valence-corrected chi connectivity index (χ4v) is 1.88. The number of urea groups is 1. The quantitative estimate of drug-likeness (QED) is 0.637. The van der Waals surface area contributed by atoms with E-state index < -0.39 is 11.9 Å². The van der Waals surface area contributed by atoms with Gasteiger partial charge >= 0.3 is 12.0 Å². The molecule has 0 radical (unpaired) electrons. The molecule has 2 unspecified atom stereocenters. The van der Waals surface area contributed by atoms with Crippen molar-refractivity contribution in [3.8, 4) is 0 Å². The summed E-state index contributed by atoms with van der Waals surface area (Å²) in [5.41, 5.74) is 0. The molecule has 2 atom stereocenters. The second kappa shape index (κ2) is 6.27. The summed E-state index contributed by atoms with van der Waals surface area (Å²) in [5, 5.41) is 14.4. The second-order valence-electron chi connectivity index (χ2n) is 4.30. The van der Waals surface area contributed by atoms with Gasteiger partial charge in [0, 0.05) is 6.04 Å². The first kappa shape index (κ1) is 13.5. The minimum atomic E-state index is -0.842. The summed E-state index contributed by atoms with van der Waals surface area (Å²) < 4.78 is 0. The Morgan fingerprint density at radius 1 is 1.35 bits per heavy atom. The van der Waals surface area contributed by atoms with Crippen LogP contribution in [0, 0.1) is 5.92 Å². The molecular weight excluding hydrogens is 220 g/mol. The Morgan fingerprint density at radius 3 is 2.47 bits per heavy atom. The molecule has 5 heteroatoms. The second-order valence-corrected chi connectivity index (χ2v) is 4.30. The zero-order chi connectivity index (χ0) is 12.8. The van der Waals surface area contributed by atoms with Crippen LogP contribution in [0.5, 0.6) is 0 Å². The fourth-order valence-electron chi connectivity index (χ4n) is 1.88. The Morgan fingerprint density at radius 2 is 2.00 bits per heavy atom. The maximum atomic E-state index is 11.6. The van der Waals surface area contributed by atoms with Crippen LogP contribution < -0.4 is 10.6 Å². The molecule has 0 fully saturated rings. The predicted octanol–water partition coefficient (Wildman–Crippen LogP) is 1.50. The third-order valence-corrected chi connectivity index (χ3v) is 3.04. The number of amides is 2. The molecule has 0 aromatic carbocycles. The van der Waals surface area contributed by atoms with Crippen LogP contribution in [-0.4, -0.2) is 29.2 Å². The monoisotopic (exact) mass is 240 g/mol. The van der Waals surface area contributed by atoms with Gasteiger partial charge in [-0.25, -0.2) is 4.79 Å². The van der Waals surface area contributed by atoms with Crippen molar-refractivity contribution in [3.05, 3.63) is 12.2 Å². The van der Waals surface area contributed by atoms with Crippen molar-refractivity contribution in [3.63, 3.8) is 0 Å². The molecule has 0 aliphatic heterocycles. The summed E-state index contributed by atoms with van der Waals surface area (Å²) in [5.74, 6) is -1.32. The van der Waals surface area contributed by atoms with E-state index in [4.69, 9.17) is 5.11 Å². The van der Waals surface area contributed by atoms with Crippen LogP contribution in [0.4, 0.5) is 4.79 Å². The summed E-state index contributed by atoms with van der Waals surface area (Å²) in [6.07, 6.45) is 5.59. The minimum Gasteiger partial charge on any atom is -0.481 e. The lowest BCUT2D eigenvalue weighted by Crippen LogP contribution is -2.45. The lowest BCUT2D eigenvalue weighted by Gasteiger charge is -2.18. The molecule has 0 saturated heterocycles. The Kier molecular flexibility index (Phi) is 5.00. The zero-order valence-corrected chi connectivity index (χ0v) is 10.3. The molecule has 1 aliphatic carbocycles. The molecule has 5 nitrogen and oxygen atoms in total. The predicted molar refractivity (Wildman–Crippen MR) is 64.7 cm³/mol. The van der Waals surface area contributed by atoms with Gasteiger partial charge in [-0.15, -0.1) is 0 Å². The number of carbonyl (C=O) groups excluding carboxylic acids is 1. The van der Waals surface area contributed by atoms with Crippen molar-refractivity contribution >= 4 is 12.0 Å².